The van der Waals surface area contributed by atoms with Gasteiger partial charge in [0.2, 0.25) is 0 Å². The minimum Gasteiger partial charge on any atom is -0.382 e. The van der Waals surface area contributed by atoms with Crippen LogP contribution >= 0.6 is 0 Å². The molecule has 158 valence electrons. The SMILES string of the molecule is CNC(=O)c1c(-c2ccccn2)c(C(C)Nc2ncnc(N)c2C#N)nc2ncccc12. The third-order valence-electron chi connectivity index (χ3n) is 4.92. The molecule has 0 saturated heterocycles. The Morgan fingerprint density at radius 1 is 1.12 bits per heavy atom. The number of anilines is 2. The lowest BCUT2D eigenvalue weighted by Gasteiger charge is -2.21. The molecule has 0 saturated carbocycles. The summed E-state index contributed by atoms with van der Waals surface area (Å²) >= 11 is 0. The topological polar surface area (TPSA) is 155 Å². The summed E-state index contributed by atoms with van der Waals surface area (Å²) in [5.74, 6) is 0.0497. The number of rotatable bonds is 5. The highest BCUT2D eigenvalue weighted by molar-refractivity contribution is 6.11. The van der Waals surface area contributed by atoms with Gasteiger partial charge in [-0.2, -0.15) is 5.26 Å². The Morgan fingerprint density at radius 2 is 1.94 bits per heavy atom. The van der Waals surface area contributed by atoms with Gasteiger partial charge in [-0.25, -0.2) is 19.9 Å². The predicted molar refractivity (Wildman–Crippen MR) is 119 cm³/mol. The van der Waals surface area contributed by atoms with Crippen LogP contribution in [-0.4, -0.2) is 37.9 Å². The van der Waals surface area contributed by atoms with Crippen molar-refractivity contribution in [1.82, 2.24) is 30.2 Å². The molecule has 10 nitrogen and oxygen atoms in total. The highest BCUT2D eigenvalue weighted by Gasteiger charge is 2.26. The average Bonchev–Trinajstić information content (AvgIpc) is 2.83. The summed E-state index contributed by atoms with van der Waals surface area (Å²) in [5, 5.41) is 15.9. The first-order chi connectivity index (χ1) is 15.5. The van der Waals surface area contributed by atoms with Gasteiger partial charge in [0.25, 0.3) is 5.91 Å². The normalized spacial score (nSPS) is 11.5. The fourth-order valence-corrected chi connectivity index (χ4v) is 3.45. The molecule has 4 N–H and O–H groups in total. The van der Waals surface area contributed by atoms with Gasteiger partial charge in [-0.1, -0.05) is 6.07 Å². The molecule has 4 aromatic heterocycles. The van der Waals surface area contributed by atoms with Gasteiger partial charge in [-0.05, 0) is 31.2 Å². The smallest absolute Gasteiger partial charge is 0.252 e. The van der Waals surface area contributed by atoms with Crippen LogP contribution in [0.1, 0.15) is 34.6 Å². The second kappa shape index (κ2) is 8.61. The van der Waals surface area contributed by atoms with Crippen molar-refractivity contribution in [2.24, 2.45) is 0 Å². The zero-order chi connectivity index (χ0) is 22.7. The number of hydrogen-bond acceptors (Lipinski definition) is 9. The second-order valence-corrected chi connectivity index (χ2v) is 6.88. The first-order valence-electron chi connectivity index (χ1n) is 9.74. The Hall–Kier alpha value is -4.65. The van der Waals surface area contributed by atoms with Crippen LogP contribution in [0.4, 0.5) is 11.6 Å². The number of fused-ring (bicyclic) bond motifs is 1. The molecule has 0 fully saturated rings. The van der Waals surface area contributed by atoms with Gasteiger partial charge in [0.05, 0.1) is 23.0 Å². The molecule has 4 aromatic rings. The molecule has 1 unspecified atom stereocenters. The molecule has 0 aromatic carbocycles. The molecule has 32 heavy (non-hydrogen) atoms. The van der Waals surface area contributed by atoms with Gasteiger partial charge in [0, 0.05) is 30.4 Å². The molecule has 0 bridgehead atoms. The highest BCUT2D eigenvalue weighted by Crippen LogP contribution is 2.35. The molecule has 0 aliphatic heterocycles. The van der Waals surface area contributed by atoms with E-state index >= 15 is 0 Å². The summed E-state index contributed by atoms with van der Waals surface area (Å²) in [6, 6.07) is 10.5. The fourth-order valence-electron chi connectivity index (χ4n) is 3.45. The lowest BCUT2D eigenvalue weighted by atomic mass is 9.95. The molecule has 4 heterocycles. The van der Waals surface area contributed by atoms with E-state index in [-0.39, 0.29) is 23.1 Å². The molecular formula is C22H19N9O. The molecule has 0 spiro atoms. The first-order valence-corrected chi connectivity index (χ1v) is 9.74. The zero-order valence-electron chi connectivity index (χ0n) is 17.4. The van der Waals surface area contributed by atoms with Crippen molar-refractivity contribution in [1.29, 1.82) is 5.26 Å². The number of amides is 1. The van der Waals surface area contributed by atoms with E-state index in [2.05, 4.69) is 30.6 Å². The lowest BCUT2D eigenvalue weighted by molar-refractivity contribution is 0.0965. The third kappa shape index (κ3) is 3.63. The maximum atomic E-state index is 13.0. The summed E-state index contributed by atoms with van der Waals surface area (Å²) in [4.78, 5) is 34.6. The Labute approximate surface area is 183 Å². The minimum absolute atomic E-state index is 0.0707. The Balaban J connectivity index is 1.97. The predicted octanol–water partition coefficient (Wildman–Crippen LogP) is 2.47. The first kappa shape index (κ1) is 20.6. The van der Waals surface area contributed by atoms with E-state index < -0.39 is 6.04 Å². The lowest BCUT2D eigenvalue weighted by Crippen LogP contribution is -2.22. The van der Waals surface area contributed by atoms with Crippen LogP contribution < -0.4 is 16.4 Å². The summed E-state index contributed by atoms with van der Waals surface area (Å²) in [5.41, 5.74) is 8.44. The van der Waals surface area contributed by atoms with Crippen LogP contribution in [0.2, 0.25) is 0 Å². The monoisotopic (exact) mass is 425 g/mol. The summed E-state index contributed by atoms with van der Waals surface area (Å²) in [6.45, 7) is 1.84. The van der Waals surface area contributed by atoms with Gasteiger partial charge in [0.1, 0.15) is 29.6 Å². The number of nitriles is 1. The maximum absolute atomic E-state index is 13.0. The number of hydrogen-bond donors (Lipinski definition) is 3. The van der Waals surface area contributed by atoms with E-state index in [1.165, 1.54) is 6.33 Å². The van der Waals surface area contributed by atoms with Gasteiger partial charge in [0.15, 0.2) is 5.65 Å². The number of carbonyl (C=O) groups is 1. The summed E-state index contributed by atoms with van der Waals surface area (Å²) in [7, 11) is 1.57. The fraction of sp³-hybridized carbons (Fsp3) is 0.136. The van der Waals surface area contributed by atoms with Crippen molar-refractivity contribution >= 4 is 28.6 Å². The zero-order valence-corrected chi connectivity index (χ0v) is 17.4. The highest BCUT2D eigenvalue weighted by atomic mass is 16.1. The Kier molecular flexibility index (Phi) is 5.55. The third-order valence-corrected chi connectivity index (χ3v) is 4.92. The molecule has 0 aliphatic rings. The van der Waals surface area contributed by atoms with Crippen molar-refractivity contribution in [3.8, 4) is 17.3 Å². The van der Waals surface area contributed by atoms with E-state index in [1.54, 1.807) is 37.6 Å². The number of nitrogens with zero attached hydrogens (tertiary/aromatic N) is 6. The number of aromatic nitrogens is 5. The maximum Gasteiger partial charge on any atom is 0.252 e. The second-order valence-electron chi connectivity index (χ2n) is 6.88. The number of nitrogens with two attached hydrogens (primary N) is 1. The van der Waals surface area contributed by atoms with E-state index in [9.17, 15) is 10.1 Å². The number of pyridine rings is 3. The van der Waals surface area contributed by atoms with Crippen LogP contribution in [0.15, 0.2) is 49.1 Å². The van der Waals surface area contributed by atoms with Crippen molar-refractivity contribution in [3.05, 3.63) is 65.9 Å². The molecule has 1 amide bonds. The average molecular weight is 425 g/mol. The molecule has 10 heteroatoms. The van der Waals surface area contributed by atoms with Crippen LogP contribution in [-0.2, 0) is 0 Å². The quantitative estimate of drug-likeness (QED) is 0.437. The van der Waals surface area contributed by atoms with E-state index in [1.807, 2.05) is 25.1 Å². The Bertz CT molecular complexity index is 1350. The van der Waals surface area contributed by atoms with Crippen LogP contribution in [0.5, 0.6) is 0 Å². The Morgan fingerprint density at radius 3 is 2.66 bits per heavy atom. The summed E-state index contributed by atoms with van der Waals surface area (Å²) < 4.78 is 0. The van der Waals surface area contributed by atoms with E-state index in [0.29, 0.717) is 33.5 Å². The molecule has 1 atom stereocenters. The van der Waals surface area contributed by atoms with Crippen molar-refractivity contribution in [2.45, 2.75) is 13.0 Å². The van der Waals surface area contributed by atoms with Crippen LogP contribution in [0, 0.1) is 11.3 Å². The van der Waals surface area contributed by atoms with Gasteiger partial charge in [-0.15, -0.1) is 0 Å². The number of nitrogens with one attached hydrogen (secondary N) is 2. The number of carbonyl (C=O) groups excluding carboxylic acids is 1. The number of nitrogen functional groups attached to an aromatic ring is 1. The molecular weight excluding hydrogens is 406 g/mol. The van der Waals surface area contributed by atoms with Crippen LogP contribution in [0.25, 0.3) is 22.3 Å². The minimum atomic E-state index is -0.483. The van der Waals surface area contributed by atoms with E-state index in [4.69, 9.17) is 10.7 Å². The molecule has 0 radical (unpaired) electrons. The van der Waals surface area contributed by atoms with Gasteiger partial charge < -0.3 is 16.4 Å². The standard InChI is InChI=1S/C22H19N9O/c1-12(30-21-14(10-23)19(24)28-11-29-21)18-17(15-7-3-4-8-26-15)16(22(32)25-2)13-6-5-9-27-20(13)31-18/h3-9,11-12H,1-2H3,(H,25,32)(H3,24,28,29,30). The van der Waals surface area contributed by atoms with E-state index in [0.717, 1.165) is 0 Å². The summed E-state index contributed by atoms with van der Waals surface area (Å²) in [6.07, 6.45) is 4.54. The van der Waals surface area contributed by atoms with Crippen molar-refractivity contribution in [2.75, 3.05) is 18.1 Å². The van der Waals surface area contributed by atoms with Crippen molar-refractivity contribution < 1.29 is 4.79 Å². The van der Waals surface area contributed by atoms with Crippen molar-refractivity contribution in [3.63, 3.8) is 0 Å². The molecule has 0 aliphatic carbocycles. The van der Waals surface area contributed by atoms with Gasteiger partial charge in [-0.3, -0.25) is 9.78 Å². The largest absolute Gasteiger partial charge is 0.382 e. The van der Waals surface area contributed by atoms with Crippen LogP contribution in [0.3, 0.4) is 0 Å². The molecule has 4 rings (SSSR count). The van der Waals surface area contributed by atoms with Gasteiger partial charge >= 0.3 is 0 Å².